The molecule has 0 spiro atoms. The van der Waals surface area contributed by atoms with Crippen molar-refractivity contribution in [3.8, 4) is 0 Å². The number of hydrogen-bond donors (Lipinski definition) is 2. The van der Waals surface area contributed by atoms with Crippen LogP contribution in [0.25, 0.3) is 0 Å². The van der Waals surface area contributed by atoms with E-state index in [0.717, 1.165) is 31.7 Å². The van der Waals surface area contributed by atoms with Gasteiger partial charge in [0.1, 0.15) is 5.82 Å². The molecule has 3 aliphatic rings. The van der Waals surface area contributed by atoms with Crippen molar-refractivity contribution in [3.63, 3.8) is 0 Å². The lowest BCUT2D eigenvalue weighted by atomic mass is 9.99. The summed E-state index contributed by atoms with van der Waals surface area (Å²) in [6.07, 6.45) is 8.82. The van der Waals surface area contributed by atoms with Gasteiger partial charge in [0.25, 0.3) is 5.91 Å². The molecule has 2 N–H and O–H groups in total. The van der Waals surface area contributed by atoms with Gasteiger partial charge < -0.3 is 15.5 Å². The SMILES string of the molecule is Cl.Cl.O=C(NC1CC2CCC(C1)N2)c1ccc(N2CCCC2)nc1. The largest absolute Gasteiger partial charge is 0.357 e. The molecule has 2 atom stereocenters. The number of piperidine rings is 1. The molecule has 0 aliphatic carbocycles. The molecule has 4 heterocycles. The molecule has 1 amide bonds. The zero-order valence-corrected chi connectivity index (χ0v) is 15.4. The zero-order chi connectivity index (χ0) is 14.9. The molecule has 5 nitrogen and oxygen atoms in total. The number of nitrogens with one attached hydrogen (secondary N) is 2. The van der Waals surface area contributed by atoms with E-state index in [2.05, 4.69) is 20.5 Å². The standard InChI is InChI=1S/C17H24N4O.2ClH/c22-17(20-15-9-13-4-5-14(10-15)19-13)12-3-6-16(18-11-12)21-7-1-2-8-21;;/h3,6,11,13-15,19H,1-2,4-5,7-10H2,(H,20,22);2*1H. The summed E-state index contributed by atoms with van der Waals surface area (Å²) in [5.74, 6) is 1.01. The lowest BCUT2D eigenvalue weighted by molar-refractivity contribution is 0.0923. The van der Waals surface area contributed by atoms with E-state index < -0.39 is 0 Å². The Morgan fingerprint density at radius 2 is 1.79 bits per heavy atom. The first-order valence-corrected chi connectivity index (χ1v) is 8.56. The van der Waals surface area contributed by atoms with Gasteiger partial charge in [-0.15, -0.1) is 24.8 Å². The first kappa shape index (κ1) is 19.3. The fourth-order valence-electron chi connectivity index (χ4n) is 4.10. The number of rotatable bonds is 3. The molecule has 2 bridgehead atoms. The van der Waals surface area contributed by atoms with Crippen molar-refractivity contribution in [2.75, 3.05) is 18.0 Å². The van der Waals surface area contributed by atoms with E-state index in [-0.39, 0.29) is 30.7 Å². The lowest BCUT2D eigenvalue weighted by Gasteiger charge is -2.29. The van der Waals surface area contributed by atoms with Gasteiger partial charge in [-0.25, -0.2) is 4.98 Å². The molecular weight excluding hydrogens is 347 g/mol. The van der Waals surface area contributed by atoms with Crippen LogP contribution in [-0.2, 0) is 0 Å². The van der Waals surface area contributed by atoms with E-state index in [4.69, 9.17) is 0 Å². The van der Waals surface area contributed by atoms with Crippen LogP contribution in [0.2, 0.25) is 0 Å². The summed E-state index contributed by atoms with van der Waals surface area (Å²) >= 11 is 0. The number of halogens is 2. The Morgan fingerprint density at radius 1 is 1.12 bits per heavy atom. The zero-order valence-electron chi connectivity index (χ0n) is 13.7. The van der Waals surface area contributed by atoms with Crippen molar-refractivity contribution in [1.82, 2.24) is 15.6 Å². The summed E-state index contributed by atoms with van der Waals surface area (Å²) in [6.45, 7) is 2.16. The molecule has 0 radical (unpaired) electrons. The molecule has 1 aromatic heterocycles. The van der Waals surface area contributed by atoms with Gasteiger partial charge in [-0.1, -0.05) is 0 Å². The Bertz CT molecular complexity index is 536. The van der Waals surface area contributed by atoms with Gasteiger partial charge in [0.2, 0.25) is 0 Å². The van der Waals surface area contributed by atoms with E-state index in [9.17, 15) is 4.79 Å². The highest BCUT2D eigenvalue weighted by atomic mass is 35.5. The smallest absolute Gasteiger partial charge is 0.253 e. The van der Waals surface area contributed by atoms with Gasteiger partial charge in [0.15, 0.2) is 0 Å². The Morgan fingerprint density at radius 3 is 2.38 bits per heavy atom. The topological polar surface area (TPSA) is 57.3 Å². The molecule has 3 fully saturated rings. The summed E-state index contributed by atoms with van der Waals surface area (Å²) in [5.41, 5.74) is 0.675. The number of hydrogen-bond acceptors (Lipinski definition) is 4. The molecular formula is C17H26Cl2N4O. The van der Waals surface area contributed by atoms with Crippen LogP contribution in [0.4, 0.5) is 5.82 Å². The quantitative estimate of drug-likeness (QED) is 0.855. The van der Waals surface area contributed by atoms with Crippen molar-refractivity contribution in [2.24, 2.45) is 0 Å². The first-order chi connectivity index (χ1) is 10.8. The van der Waals surface area contributed by atoms with Gasteiger partial charge in [-0.05, 0) is 50.7 Å². The molecule has 2 unspecified atom stereocenters. The van der Waals surface area contributed by atoms with Gasteiger partial charge >= 0.3 is 0 Å². The molecule has 3 saturated heterocycles. The number of nitrogens with zero attached hydrogens (tertiary/aromatic N) is 2. The fraction of sp³-hybridized carbons (Fsp3) is 0.647. The number of fused-ring (bicyclic) bond motifs is 2. The second-order valence-corrected chi connectivity index (χ2v) is 6.88. The normalized spacial score (nSPS) is 28.0. The summed E-state index contributed by atoms with van der Waals surface area (Å²) in [5, 5.41) is 6.80. The first-order valence-electron chi connectivity index (χ1n) is 8.56. The summed E-state index contributed by atoms with van der Waals surface area (Å²) in [4.78, 5) is 19.1. The van der Waals surface area contributed by atoms with Crippen molar-refractivity contribution >= 4 is 36.5 Å². The van der Waals surface area contributed by atoms with E-state index >= 15 is 0 Å². The molecule has 1 aromatic rings. The van der Waals surface area contributed by atoms with Crippen molar-refractivity contribution in [3.05, 3.63) is 23.9 Å². The van der Waals surface area contributed by atoms with Crippen LogP contribution in [0.1, 0.15) is 48.9 Å². The highest BCUT2D eigenvalue weighted by Crippen LogP contribution is 2.27. The summed E-state index contributed by atoms with van der Waals surface area (Å²) in [6, 6.07) is 5.39. The third-order valence-corrected chi connectivity index (χ3v) is 5.25. The minimum atomic E-state index is 0. The Hall–Kier alpha value is -1.04. The van der Waals surface area contributed by atoms with Crippen LogP contribution in [-0.4, -0.2) is 42.1 Å². The molecule has 24 heavy (non-hydrogen) atoms. The van der Waals surface area contributed by atoms with Crippen LogP contribution >= 0.6 is 24.8 Å². The second-order valence-electron chi connectivity index (χ2n) is 6.88. The predicted molar refractivity (Wildman–Crippen MR) is 101 cm³/mol. The average molecular weight is 373 g/mol. The second kappa shape index (κ2) is 8.37. The number of pyridine rings is 1. The summed E-state index contributed by atoms with van der Waals surface area (Å²) in [7, 11) is 0. The molecule has 0 aromatic carbocycles. The van der Waals surface area contributed by atoms with Crippen LogP contribution in [0.15, 0.2) is 18.3 Å². The van der Waals surface area contributed by atoms with Crippen LogP contribution in [0.3, 0.4) is 0 Å². The number of carbonyl (C=O) groups is 1. The molecule has 0 saturated carbocycles. The maximum Gasteiger partial charge on any atom is 0.253 e. The van der Waals surface area contributed by atoms with Gasteiger partial charge in [0, 0.05) is 37.4 Å². The van der Waals surface area contributed by atoms with Crippen molar-refractivity contribution in [1.29, 1.82) is 0 Å². The van der Waals surface area contributed by atoms with Gasteiger partial charge in [-0.2, -0.15) is 0 Å². The third kappa shape index (κ3) is 4.13. The minimum Gasteiger partial charge on any atom is -0.357 e. The molecule has 3 aliphatic heterocycles. The van der Waals surface area contributed by atoms with Gasteiger partial charge in [0.05, 0.1) is 5.56 Å². The van der Waals surface area contributed by atoms with E-state index in [0.29, 0.717) is 23.7 Å². The summed E-state index contributed by atoms with van der Waals surface area (Å²) < 4.78 is 0. The van der Waals surface area contributed by atoms with Crippen LogP contribution in [0.5, 0.6) is 0 Å². The lowest BCUT2D eigenvalue weighted by Crippen LogP contribution is -2.48. The van der Waals surface area contributed by atoms with E-state index in [1.54, 1.807) is 6.20 Å². The van der Waals surface area contributed by atoms with E-state index in [1.807, 2.05) is 12.1 Å². The van der Waals surface area contributed by atoms with Crippen LogP contribution in [0, 0.1) is 0 Å². The molecule has 4 rings (SSSR count). The number of anilines is 1. The highest BCUT2D eigenvalue weighted by molar-refractivity contribution is 5.94. The van der Waals surface area contributed by atoms with Gasteiger partial charge in [-0.3, -0.25) is 4.79 Å². The monoisotopic (exact) mass is 372 g/mol. The Balaban J connectivity index is 0.00000104. The van der Waals surface area contributed by atoms with E-state index in [1.165, 1.54) is 25.7 Å². The van der Waals surface area contributed by atoms with Crippen LogP contribution < -0.4 is 15.5 Å². The molecule has 134 valence electrons. The maximum atomic E-state index is 12.4. The average Bonchev–Trinajstić information content (AvgIpc) is 3.17. The Kier molecular flexibility index (Phi) is 6.72. The Labute approximate surface area is 155 Å². The molecule has 7 heteroatoms. The predicted octanol–water partition coefficient (Wildman–Crippen LogP) is 2.54. The number of amides is 1. The number of aromatic nitrogens is 1. The van der Waals surface area contributed by atoms with Crippen molar-refractivity contribution < 1.29 is 4.79 Å². The number of carbonyl (C=O) groups excluding carboxylic acids is 1. The minimum absolute atomic E-state index is 0. The van der Waals surface area contributed by atoms with Crippen molar-refractivity contribution in [2.45, 2.75) is 56.7 Å². The highest BCUT2D eigenvalue weighted by Gasteiger charge is 2.34. The third-order valence-electron chi connectivity index (χ3n) is 5.25. The fourth-order valence-corrected chi connectivity index (χ4v) is 4.10. The maximum absolute atomic E-state index is 12.4.